The lowest BCUT2D eigenvalue weighted by Gasteiger charge is -2.46. The normalized spacial score (nSPS) is 26.2. The number of ketones is 1. The average Bonchev–Trinajstić information content (AvgIpc) is 2.41. The van der Waals surface area contributed by atoms with Gasteiger partial charge < -0.3 is 9.64 Å². The van der Waals surface area contributed by atoms with Crippen LogP contribution in [0.4, 0.5) is 0 Å². The second-order valence-electron chi connectivity index (χ2n) is 7.14. The Kier molecular flexibility index (Phi) is 5.28. The molecule has 0 aromatic heterocycles. The van der Waals surface area contributed by atoms with E-state index in [1.165, 1.54) is 5.56 Å². The molecule has 3 nitrogen and oxygen atoms in total. The summed E-state index contributed by atoms with van der Waals surface area (Å²) in [7, 11) is 2.16. The number of benzene rings is 1. The summed E-state index contributed by atoms with van der Waals surface area (Å²) in [6.07, 6.45) is 1.80. The summed E-state index contributed by atoms with van der Waals surface area (Å²) < 4.78 is 5.86. The van der Waals surface area contributed by atoms with Crippen molar-refractivity contribution in [3.8, 4) is 5.75 Å². The number of likely N-dealkylation sites (tertiary alicyclic amines) is 1. The molecule has 1 saturated heterocycles. The standard InChI is InChI=1S/C19H29NO2/c1-14(2)22-18-8-6-7-17(11-18)19(12-16(4)21)9-10-20(5)13-15(19)3/h6-8,11,14-15H,9-10,12-13H2,1-5H3/t15-,19+/m0/s1. The summed E-state index contributed by atoms with van der Waals surface area (Å²) in [6.45, 7) is 10.1. The molecule has 3 heteroatoms. The quantitative estimate of drug-likeness (QED) is 0.831. The number of carbonyl (C=O) groups excluding carboxylic acids is 1. The molecular formula is C19H29NO2. The Hall–Kier alpha value is -1.35. The van der Waals surface area contributed by atoms with Gasteiger partial charge in [-0.3, -0.25) is 4.79 Å². The summed E-state index contributed by atoms with van der Waals surface area (Å²) in [5.41, 5.74) is 1.19. The zero-order valence-corrected chi connectivity index (χ0v) is 14.6. The Morgan fingerprint density at radius 3 is 2.77 bits per heavy atom. The molecule has 122 valence electrons. The van der Waals surface area contributed by atoms with E-state index in [0.29, 0.717) is 12.3 Å². The van der Waals surface area contributed by atoms with Crippen molar-refractivity contribution in [2.75, 3.05) is 20.1 Å². The smallest absolute Gasteiger partial charge is 0.130 e. The number of hydrogen-bond acceptors (Lipinski definition) is 3. The zero-order chi connectivity index (χ0) is 16.3. The largest absolute Gasteiger partial charge is 0.491 e. The van der Waals surface area contributed by atoms with E-state index in [9.17, 15) is 4.79 Å². The number of rotatable bonds is 5. The van der Waals surface area contributed by atoms with E-state index in [1.807, 2.05) is 19.9 Å². The molecule has 0 spiro atoms. The van der Waals surface area contributed by atoms with E-state index in [4.69, 9.17) is 4.74 Å². The number of nitrogens with zero attached hydrogens (tertiary/aromatic N) is 1. The Balaban J connectivity index is 2.39. The van der Waals surface area contributed by atoms with Gasteiger partial charge in [-0.15, -0.1) is 0 Å². The first-order valence-electron chi connectivity index (χ1n) is 8.28. The number of carbonyl (C=O) groups is 1. The first-order valence-corrected chi connectivity index (χ1v) is 8.28. The topological polar surface area (TPSA) is 29.5 Å². The van der Waals surface area contributed by atoms with Crippen LogP contribution < -0.4 is 4.74 Å². The van der Waals surface area contributed by atoms with Crippen LogP contribution in [0.5, 0.6) is 5.75 Å². The summed E-state index contributed by atoms with van der Waals surface area (Å²) in [6, 6.07) is 8.37. The predicted octanol–water partition coefficient (Wildman–Crippen LogP) is 3.66. The van der Waals surface area contributed by atoms with Gasteiger partial charge in [-0.2, -0.15) is 0 Å². The Morgan fingerprint density at radius 1 is 1.45 bits per heavy atom. The van der Waals surface area contributed by atoms with Crippen molar-refractivity contribution >= 4 is 5.78 Å². The van der Waals surface area contributed by atoms with E-state index in [2.05, 4.69) is 37.1 Å². The number of ether oxygens (including phenoxy) is 1. The SMILES string of the molecule is CC(=O)C[C@]1(c2cccc(OC(C)C)c2)CCN(C)C[C@@H]1C. The van der Waals surface area contributed by atoms with Crippen LogP contribution in [0.25, 0.3) is 0 Å². The van der Waals surface area contributed by atoms with Gasteiger partial charge in [0.25, 0.3) is 0 Å². The Morgan fingerprint density at radius 2 is 2.18 bits per heavy atom. The molecule has 0 amide bonds. The van der Waals surface area contributed by atoms with Crippen LogP contribution in [0.1, 0.15) is 46.1 Å². The van der Waals surface area contributed by atoms with E-state index < -0.39 is 0 Å². The molecule has 1 fully saturated rings. The molecule has 2 rings (SSSR count). The molecule has 0 unspecified atom stereocenters. The van der Waals surface area contributed by atoms with Crippen molar-refractivity contribution in [2.24, 2.45) is 5.92 Å². The molecule has 2 atom stereocenters. The fourth-order valence-electron chi connectivity index (χ4n) is 3.76. The molecule has 1 aliphatic heterocycles. The van der Waals surface area contributed by atoms with Crippen LogP contribution >= 0.6 is 0 Å². The van der Waals surface area contributed by atoms with E-state index in [0.717, 1.165) is 25.3 Å². The Labute approximate surface area is 134 Å². The number of Topliss-reactive ketones (excluding diaryl/α,β-unsaturated/α-hetero) is 1. The third-order valence-electron chi connectivity index (χ3n) is 4.81. The number of piperidine rings is 1. The molecule has 1 aliphatic rings. The molecule has 0 saturated carbocycles. The van der Waals surface area contributed by atoms with Gasteiger partial charge >= 0.3 is 0 Å². The molecule has 0 bridgehead atoms. The van der Waals surface area contributed by atoms with Crippen molar-refractivity contribution in [1.29, 1.82) is 0 Å². The fraction of sp³-hybridized carbons (Fsp3) is 0.632. The van der Waals surface area contributed by atoms with Gasteiger partial charge in [0.15, 0.2) is 0 Å². The monoisotopic (exact) mass is 303 g/mol. The van der Waals surface area contributed by atoms with Crippen LogP contribution in [-0.4, -0.2) is 36.9 Å². The third-order valence-corrected chi connectivity index (χ3v) is 4.81. The zero-order valence-electron chi connectivity index (χ0n) is 14.6. The summed E-state index contributed by atoms with van der Waals surface area (Å²) in [5.74, 6) is 1.62. The molecule has 0 N–H and O–H groups in total. The number of hydrogen-bond donors (Lipinski definition) is 0. The van der Waals surface area contributed by atoms with Crippen molar-refractivity contribution < 1.29 is 9.53 Å². The van der Waals surface area contributed by atoms with Crippen molar-refractivity contribution in [3.63, 3.8) is 0 Å². The van der Waals surface area contributed by atoms with Crippen LogP contribution in [0.3, 0.4) is 0 Å². The van der Waals surface area contributed by atoms with Crippen LogP contribution in [-0.2, 0) is 10.2 Å². The van der Waals surface area contributed by atoms with E-state index in [1.54, 1.807) is 6.92 Å². The van der Waals surface area contributed by atoms with Crippen LogP contribution in [0.15, 0.2) is 24.3 Å². The molecule has 0 aliphatic carbocycles. The highest BCUT2D eigenvalue weighted by Crippen LogP contribution is 2.43. The lowest BCUT2D eigenvalue weighted by atomic mass is 9.64. The molecule has 22 heavy (non-hydrogen) atoms. The van der Waals surface area contributed by atoms with Gasteiger partial charge in [-0.05, 0) is 64.4 Å². The first-order chi connectivity index (χ1) is 10.3. The lowest BCUT2D eigenvalue weighted by Crippen LogP contribution is -2.48. The first kappa shape index (κ1) is 17.0. The summed E-state index contributed by atoms with van der Waals surface area (Å²) in [4.78, 5) is 14.3. The maximum absolute atomic E-state index is 11.9. The molecule has 0 radical (unpaired) electrons. The van der Waals surface area contributed by atoms with Crippen molar-refractivity contribution in [1.82, 2.24) is 4.90 Å². The van der Waals surface area contributed by atoms with Gasteiger partial charge in [0.2, 0.25) is 0 Å². The maximum Gasteiger partial charge on any atom is 0.130 e. The van der Waals surface area contributed by atoms with Crippen molar-refractivity contribution in [3.05, 3.63) is 29.8 Å². The fourth-order valence-corrected chi connectivity index (χ4v) is 3.76. The molecule has 1 aromatic carbocycles. The molecule has 1 aromatic rings. The van der Waals surface area contributed by atoms with E-state index >= 15 is 0 Å². The minimum atomic E-state index is -0.0608. The van der Waals surface area contributed by atoms with Gasteiger partial charge in [-0.25, -0.2) is 0 Å². The summed E-state index contributed by atoms with van der Waals surface area (Å²) in [5, 5.41) is 0. The second-order valence-corrected chi connectivity index (χ2v) is 7.14. The van der Waals surface area contributed by atoms with Crippen molar-refractivity contribution in [2.45, 2.75) is 52.1 Å². The van der Waals surface area contributed by atoms with Crippen LogP contribution in [0.2, 0.25) is 0 Å². The van der Waals surface area contributed by atoms with Gasteiger partial charge in [0, 0.05) is 18.4 Å². The highest BCUT2D eigenvalue weighted by Gasteiger charge is 2.42. The minimum Gasteiger partial charge on any atom is -0.491 e. The minimum absolute atomic E-state index is 0.0608. The van der Waals surface area contributed by atoms with Crippen LogP contribution in [0, 0.1) is 5.92 Å². The molecular weight excluding hydrogens is 274 g/mol. The summed E-state index contributed by atoms with van der Waals surface area (Å²) >= 11 is 0. The van der Waals surface area contributed by atoms with Gasteiger partial charge in [0.05, 0.1) is 6.10 Å². The second kappa shape index (κ2) is 6.82. The van der Waals surface area contributed by atoms with Gasteiger partial charge in [-0.1, -0.05) is 19.1 Å². The highest BCUT2D eigenvalue weighted by atomic mass is 16.5. The Bertz CT molecular complexity index is 526. The van der Waals surface area contributed by atoms with Gasteiger partial charge in [0.1, 0.15) is 11.5 Å². The third kappa shape index (κ3) is 3.70. The maximum atomic E-state index is 11.9. The average molecular weight is 303 g/mol. The van der Waals surface area contributed by atoms with E-state index in [-0.39, 0.29) is 17.3 Å². The highest BCUT2D eigenvalue weighted by molar-refractivity contribution is 5.77. The predicted molar refractivity (Wildman–Crippen MR) is 90.5 cm³/mol. The lowest BCUT2D eigenvalue weighted by molar-refractivity contribution is -0.119. The molecule has 1 heterocycles.